The van der Waals surface area contributed by atoms with Crippen LogP contribution in [0.15, 0.2) is 35.1 Å². The van der Waals surface area contributed by atoms with Gasteiger partial charge in [0.25, 0.3) is 0 Å². The normalized spacial score (nSPS) is 16.4. The highest BCUT2D eigenvalue weighted by atomic mass is 35.5. The summed E-state index contributed by atoms with van der Waals surface area (Å²) in [7, 11) is 0. The number of rotatable bonds is 3. The summed E-state index contributed by atoms with van der Waals surface area (Å²) in [5, 5.41) is 7.64. The third-order valence-electron chi connectivity index (χ3n) is 4.40. The van der Waals surface area contributed by atoms with Crippen LogP contribution in [0.3, 0.4) is 0 Å². The smallest absolute Gasteiger partial charge is 0.318 e. The quantitative estimate of drug-likeness (QED) is 0.719. The van der Waals surface area contributed by atoms with Gasteiger partial charge in [0, 0.05) is 23.0 Å². The number of halogens is 1. The Labute approximate surface area is 160 Å². The van der Waals surface area contributed by atoms with Crippen LogP contribution >= 0.6 is 11.6 Å². The number of hydrogen-bond donors (Lipinski definition) is 2. The van der Waals surface area contributed by atoms with Crippen LogP contribution in [0.2, 0.25) is 5.02 Å². The van der Waals surface area contributed by atoms with E-state index < -0.39 is 0 Å². The summed E-state index contributed by atoms with van der Waals surface area (Å²) >= 11 is 5.93. The zero-order chi connectivity index (χ0) is 19.0. The molecule has 27 heavy (non-hydrogen) atoms. The molecule has 0 fully saturated rings. The van der Waals surface area contributed by atoms with Crippen LogP contribution < -0.4 is 5.32 Å². The number of fused-ring (bicyclic) bond motifs is 1. The van der Waals surface area contributed by atoms with Gasteiger partial charge in [-0.3, -0.25) is 0 Å². The van der Waals surface area contributed by atoms with Crippen LogP contribution in [0.25, 0.3) is 11.4 Å². The number of nitrogens with zero attached hydrogens (tertiary/aromatic N) is 4. The second kappa shape index (κ2) is 7.03. The van der Waals surface area contributed by atoms with E-state index in [2.05, 4.69) is 25.4 Å². The van der Waals surface area contributed by atoms with Crippen molar-refractivity contribution in [2.24, 2.45) is 0 Å². The Morgan fingerprint density at radius 1 is 1.37 bits per heavy atom. The largest absolute Gasteiger partial charge is 0.347 e. The van der Waals surface area contributed by atoms with E-state index >= 15 is 0 Å². The molecule has 1 unspecified atom stereocenters. The number of carbonyl (C=O) groups excluding carboxylic acids is 1. The van der Waals surface area contributed by atoms with Gasteiger partial charge in [0.05, 0.1) is 24.3 Å². The highest BCUT2D eigenvalue weighted by molar-refractivity contribution is 6.30. The number of hydrogen-bond acceptors (Lipinski definition) is 5. The van der Waals surface area contributed by atoms with E-state index in [1.54, 1.807) is 23.4 Å². The van der Waals surface area contributed by atoms with Gasteiger partial charge in [-0.05, 0) is 38.1 Å². The minimum Gasteiger partial charge on any atom is -0.347 e. The van der Waals surface area contributed by atoms with Crippen molar-refractivity contribution in [1.29, 1.82) is 0 Å². The van der Waals surface area contributed by atoms with Crippen LogP contribution in [-0.2, 0) is 13.0 Å². The zero-order valence-electron chi connectivity index (χ0n) is 14.9. The van der Waals surface area contributed by atoms with Gasteiger partial charge in [-0.25, -0.2) is 9.78 Å². The lowest BCUT2D eigenvalue weighted by Gasteiger charge is -2.33. The molecule has 0 saturated carbocycles. The molecule has 8 nitrogen and oxygen atoms in total. The predicted octanol–water partition coefficient (Wildman–Crippen LogP) is 3.33. The molecular formula is C18H19ClN6O2. The van der Waals surface area contributed by atoms with Gasteiger partial charge in [0.2, 0.25) is 11.7 Å². The standard InChI is InChI=1S/C18H19ClN6O2/c1-10(2)22-18(26)25-8-14-13(20-9-21-14)7-15(25)17-23-16(24-27-17)11-3-5-12(19)6-4-11/h3-6,9-10,15H,7-8H2,1-2H3,(H,20,21)(H,22,26). The van der Waals surface area contributed by atoms with E-state index in [1.807, 2.05) is 26.0 Å². The van der Waals surface area contributed by atoms with Crippen molar-refractivity contribution < 1.29 is 9.32 Å². The SMILES string of the molecule is CC(C)NC(=O)N1Cc2[nH]cnc2CC1c1nc(-c2ccc(Cl)cc2)no1. The van der Waals surface area contributed by atoms with Crippen molar-refractivity contribution in [3.05, 3.63) is 52.9 Å². The summed E-state index contributed by atoms with van der Waals surface area (Å²) in [6.45, 7) is 4.24. The molecule has 1 aliphatic rings. The zero-order valence-corrected chi connectivity index (χ0v) is 15.7. The number of carbonyl (C=O) groups is 1. The number of aromatic nitrogens is 4. The van der Waals surface area contributed by atoms with E-state index in [9.17, 15) is 4.79 Å². The van der Waals surface area contributed by atoms with Gasteiger partial charge in [-0.1, -0.05) is 16.8 Å². The number of amides is 2. The molecule has 1 aromatic carbocycles. The van der Waals surface area contributed by atoms with Crippen molar-refractivity contribution in [3.63, 3.8) is 0 Å². The maximum Gasteiger partial charge on any atom is 0.318 e. The van der Waals surface area contributed by atoms with Crippen molar-refractivity contribution in [3.8, 4) is 11.4 Å². The summed E-state index contributed by atoms with van der Waals surface area (Å²) in [5.74, 6) is 0.839. The van der Waals surface area contributed by atoms with Crippen LogP contribution in [0, 0.1) is 0 Å². The van der Waals surface area contributed by atoms with Crippen molar-refractivity contribution in [2.75, 3.05) is 0 Å². The van der Waals surface area contributed by atoms with Gasteiger partial charge < -0.3 is 19.7 Å². The molecule has 140 valence electrons. The second-order valence-corrected chi connectivity index (χ2v) is 7.18. The Balaban J connectivity index is 1.65. The monoisotopic (exact) mass is 386 g/mol. The second-order valence-electron chi connectivity index (χ2n) is 6.74. The van der Waals surface area contributed by atoms with E-state index in [0.29, 0.717) is 29.7 Å². The Hall–Kier alpha value is -2.87. The molecular weight excluding hydrogens is 368 g/mol. The minimum absolute atomic E-state index is 0.0219. The van der Waals surface area contributed by atoms with Crippen LogP contribution in [0.5, 0.6) is 0 Å². The lowest BCUT2D eigenvalue weighted by molar-refractivity contribution is 0.142. The summed E-state index contributed by atoms with van der Waals surface area (Å²) < 4.78 is 5.51. The fourth-order valence-corrected chi connectivity index (χ4v) is 3.21. The summed E-state index contributed by atoms with van der Waals surface area (Å²) in [4.78, 5) is 26.4. The summed E-state index contributed by atoms with van der Waals surface area (Å²) in [6, 6.07) is 6.65. The molecule has 2 aromatic heterocycles. The highest BCUT2D eigenvalue weighted by Crippen LogP contribution is 2.32. The topological polar surface area (TPSA) is 99.9 Å². The van der Waals surface area contributed by atoms with Gasteiger partial charge in [-0.15, -0.1) is 0 Å². The number of imidazole rings is 1. The van der Waals surface area contributed by atoms with Crippen LogP contribution in [0.4, 0.5) is 4.79 Å². The van der Waals surface area contributed by atoms with Crippen LogP contribution in [-0.4, -0.2) is 37.1 Å². The fraction of sp³-hybridized carbons (Fsp3) is 0.333. The first kappa shape index (κ1) is 17.5. The Kier molecular flexibility index (Phi) is 4.57. The van der Waals surface area contributed by atoms with E-state index in [-0.39, 0.29) is 18.1 Å². The molecule has 0 saturated heterocycles. The maximum absolute atomic E-state index is 12.7. The van der Waals surface area contributed by atoms with Gasteiger partial charge >= 0.3 is 6.03 Å². The highest BCUT2D eigenvalue weighted by Gasteiger charge is 2.36. The average Bonchev–Trinajstić information content (AvgIpc) is 3.29. The molecule has 0 aliphatic carbocycles. The Morgan fingerprint density at radius 2 is 2.15 bits per heavy atom. The summed E-state index contributed by atoms with van der Waals surface area (Å²) in [6.07, 6.45) is 2.14. The van der Waals surface area contributed by atoms with Crippen LogP contribution in [0.1, 0.15) is 37.2 Å². The number of aromatic amines is 1. The molecule has 0 bridgehead atoms. The molecule has 2 N–H and O–H groups in total. The van der Waals surface area contributed by atoms with Crippen molar-refractivity contribution >= 4 is 17.6 Å². The van der Waals surface area contributed by atoms with E-state index in [4.69, 9.17) is 16.1 Å². The minimum atomic E-state index is -0.381. The number of nitrogens with one attached hydrogen (secondary N) is 2. The van der Waals surface area contributed by atoms with Gasteiger partial charge in [0.1, 0.15) is 6.04 Å². The molecule has 1 aliphatic heterocycles. The van der Waals surface area contributed by atoms with Gasteiger partial charge in [0.15, 0.2) is 0 Å². The molecule has 3 aromatic rings. The molecule has 0 spiro atoms. The summed E-state index contributed by atoms with van der Waals surface area (Å²) in [5.41, 5.74) is 2.62. The first-order chi connectivity index (χ1) is 13.0. The molecule has 0 radical (unpaired) electrons. The third-order valence-corrected chi connectivity index (χ3v) is 4.65. The lowest BCUT2D eigenvalue weighted by atomic mass is 10.0. The van der Waals surface area contributed by atoms with Crippen molar-refractivity contribution in [2.45, 2.75) is 38.9 Å². The van der Waals surface area contributed by atoms with Crippen molar-refractivity contribution in [1.82, 2.24) is 30.3 Å². The molecule has 1 atom stereocenters. The molecule has 3 heterocycles. The first-order valence-electron chi connectivity index (χ1n) is 8.69. The van der Waals surface area contributed by atoms with E-state index in [0.717, 1.165) is 17.0 Å². The van der Waals surface area contributed by atoms with Gasteiger partial charge in [-0.2, -0.15) is 4.98 Å². The predicted molar refractivity (Wildman–Crippen MR) is 99.0 cm³/mol. The maximum atomic E-state index is 12.7. The average molecular weight is 387 g/mol. The Bertz CT molecular complexity index is 949. The molecule has 9 heteroatoms. The van der Waals surface area contributed by atoms with E-state index in [1.165, 1.54) is 0 Å². The number of urea groups is 1. The lowest BCUT2D eigenvalue weighted by Crippen LogP contribution is -2.46. The first-order valence-corrected chi connectivity index (χ1v) is 9.07. The molecule has 2 amide bonds. The fourth-order valence-electron chi connectivity index (χ4n) is 3.09. The number of benzene rings is 1. The Morgan fingerprint density at radius 3 is 2.89 bits per heavy atom. The third kappa shape index (κ3) is 3.52. The molecule has 4 rings (SSSR count). The number of H-pyrrole nitrogens is 1.